The van der Waals surface area contributed by atoms with E-state index in [2.05, 4.69) is 67.9 Å². The summed E-state index contributed by atoms with van der Waals surface area (Å²) in [4.78, 5) is 0. The Morgan fingerprint density at radius 2 is 1.95 bits per heavy atom. The highest BCUT2D eigenvalue weighted by molar-refractivity contribution is 14.1. The van der Waals surface area contributed by atoms with Crippen LogP contribution in [0, 0.1) is 3.70 Å². The predicted octanol–water partition coefficient (Wildman–Crippen LogP) is 4.46. The maximum atomic E-state index is 5.18. The highest BCUT2D eigenvalue weighted by Gasteiger charge is 2.09. The number of fused-ring (bicyclic) bond motifs is 1. The van der Waals surface area contributed by atoms with Crippen molar-refractivity contribution in [1.29, 1.82) is 0 Å². The fraction of sp³-hybridized carbons (Fsp3) is 0.133. The van der Waals surface area contributed by atoms with Gasteiger partial charge in [0.05, 0.1) is 19.2 Å². The zero-order valence-corrected chi connectivity index (χ0v) is 14.6. The smallest absolute Gasteiger partial charge is 0.131 e. The van der Waals surface area contributed by atoms with E-state index in [-0.39, 0.29) is 0 Å². The van der Waals surface area contributed by atoms with Crippen LogP contribution >= 0.6 is 38.5 Å². The molecule has 0 N–H and O–H groups in total. The van der Waals surface area contributed by atoms with Gasteiger partial charge in [-0.1, -0.05) is 28.1 Å². The van der Waals surface area contributed by atoms with E-state index in [9.17, 15) is 0 Å². The molecule has 1 aromatic heterocycles. The fourth-order valence-corrected chi connectivity index (χ4v) is 3.20. The third-order valence-corrected chi connectivity index (χ3v) is 4.45. The molecule has 0 aliphatic heterocycles. The number of halogens is 2. The van der Waals surface area contributed by atoms with Crippen molar-refractivity contribution < 1.29 is 4.74 Å². The molecule has 0 radical (unpaired) electrons. The molecule has 0 bridgehead atoms. The van der Waals surface area contributed by atoms with E-state index in [0.29, 0.717) is 0 Å². The number of nitrogens with zero attached hydrogens (tertiary/aromatic N) is 2. The molecule has 0 aliphatic rings. The number of ether oxygens (including phenoxy) is 1. The van der Waals surface area contributed by atoms with Gasteiger partial charge in [0.1, 0.15) is 9.45 Å². The maximum absolute atomic E-state index is 5.18. The summed E-state index contributed by atoms with van der Waals surface area (Å²) in [6.07, 6.45) is 0. The van der Waals surface area contributed by atoms with Crippen LogP contribution in [-0.4, -0.2) is 16.9 Å². The predicted molar refractivity (Wildman–Crippen MR) is 92.2 cm³/mol. The molecule has 0 amide bonds. The Labute approximate surface area is 139 Å². The minimum atomic E-state index is 0.750. The molecule has 0 spiro atoms. The van der Waals surface area contributed by atoms with Crippen molar-refractivity contribution in [2.45, 2.75) is 6.54 Å². The highest BCUT2D eigenvalue weighted by Crippen LogP contribution is 2.25. The minimum Gasteiger partial charge on any atom is -0.497 e. The van der Waals surface area contributed by atoms with Gasteiger partial charge in [-0.2, -0.15) is 5.10 Å². The van der Waals surface area contributed by atoms with Crippen LogP contribution in [-0.2, 0) is 6.54 Å². The summed E-state index contributed by atoms with van der Waals surface area (Å²) in [5, 5.41) is 5.80. The zero-order valence-electron chi connectivity index (χ0n) is 10.8. The van der Waals surface area contributed by atoms with E-state index in [1.807, 2.05) is 22.9 Å². The molecule has 0 unspecified atom stereocenters. The molecule has 3 rings (SSSR count). The van der Waals surface area contributed by atoms with Crippen LogP contribution in [0.15, 0.2) is 46.9 Å². The topological polar surface area (TPSA) is 27.1 Å². The van der Waals surface area contributed by atoms with E-state index < -0.39 is 0 Å². The standard InChI is InChI=1S/C15H12BrIN2O/c1-20-12-5-2-10(3-6-12)9-19-14-8-11(16)4-7-13(14)15(17)18-19/h2-8H,9H2,1H3. The molecule has 0 aliphatic carbocycles. The first-order valence-corrected chi connectivity index (χ1v) is 7.99. The Morgan fingerprint density at radius 1 is 1.20 bits per heavy atom. The molecule has 0 fully saturated rings. The minimum absolute atomic E-state index is 0.750. The number of hydrogen-bond donors (Lipinski definition) is 0. The molecular formula is C15H12BrIN2O. The monoisotopic (exact) mass is 442 g/mol. The second kappa shape index (κ2) is 5.73. The van der Waals surface area contributed by atoms with Crippen molar-refractivity contribution in [1.82, 2.24) is 9.78 Å². The summed E-state index contributed by atoms with van der Waals surface area (Å²) in [6.45, 7) is 0.750. The van der Waals surface area contributed by atoms with E-state index in [1.54, 1.807) is 7.11 Å². The van der Waals surface area contributed by atoms with Crippen molar-refractivity contribution in [3.63, 3.8) is 0 Å². The molecule has 3 aromatic rings. The largest absolute Gasteiger partial charge is 0.497 e. The van der Waals surface area contributed by atoms with Crippen LogP contribution in [0.25, 0.3) is 10.9 Å². The lowest BCUT2D eigenvalue weighted by Gasteiger charge is -2.05. The van der Waals surface area contributed by atoms with Crippen LogP contribution in [0.1, 0.15) is 5.56 Å². The molecule has 2 aromatic carbocycles. The van der Waals surface area contributed by atoms with E-state index in [1.165, 1.54) is 10.9 Å². The van der Waals surface area contributed by atoms with Crippen molar-refractivity contribution in [3.05, 3.63) is 56.2 Å². The van der Waals surface area contributed by atoms with Gasteiger partial charge in [-0.3, -0.25) is 4.68 Å². The number of benzene rings is 2. The lowest BCUT2D eigenvalue weighted by Crippen LogP contribution is -2.01. The Balaban J connectivity index is 1.99. The van der Waals surface area contributed by atoms with Gasteiger partial charge < -0.3 is 4.74 Å². The number of hydrogen-bond acceptors (Lipinski definition) is 2. The molecule has 3 nitrogen and oxygen atoms in total. The average Bonchev–Trinajstić information content (AvgIpc) is 2.76. The van der Waals surface area contributed by atoms with Gasteiger partial charge in [0.15, 0.2) is 0 Å². The first kappa shape index (κ1) is 13.9. The van der Waals surface area contributed by atoms with Crippen molar-refractivity contribution in [2.24, 2.45) is 0 Å². The third-order valence-electron chi connectivity index (χ3n) is 3.16. The fourth-order valence-electron chi connectivity index (χ4n) is 2.13. The number of aromatic nitrogens is 2. The Morgan fingerprint density at radius 3 is 2.65 bits per heavy atom. The molecule has 5 heteroatoms. The number of methoxy groups -OCH3 is 1. The van der Waals surface area contributed by atoms with Crippen LogP contribution in [0.3, 0.4) is 0 Å². The molecule has 1 heterocycles. The van der Waals surface area contributed by atoms with Crippen LogP contribution in [0.5, 0.6) is 5.75 Å². The Bertz CT molecular complexity index is 752. The molecule has 0 saturated carbocycles. The molecule has 102 valence electrons. The third kappa shape index (κ3) is 2.69. The molecule has 0 atom stereocenters. The second-order valence-corrected chi connectivity index (χ2v) is 6.40. The molecular weight excluding hydrogens is 431 g/mol. The van der Waals surface area contributed by atoms with E-state index in [4.69, 9.17) is 4.74 Å². The zero-order chi connectivity index (χ0) is 14.1. The summed E-state index contributed by atoms with van der Waals surface area (Å²) < 4.78 is 9.30. The first-order valence-electron chi connectivity index (χ1n) is 6.12. The lowest BCUT2D eigenvalue weighted by atomic mass is 10.2. The normalized spacial score (nSPS) is 10.9. The van der Waals surface area contributed by atoms with Gasteiger partial charge in [-0.15, -0.1) is 0 Å². The van der Waals surface area contributed by atoms with Crippen molar-refractivity contribution in [3.8, 4) is 5.75 Å². The summed E-state index contributed by atoms with van der Waals surface area (Å²) >= 11 is 5.80. The van der Waals surface area contributed by atoms with Crippen molar-refractivity contribution >= 4 is 49.4 Å². The highest BCUT2D eigenvalue weighted by atomic mass is 127. The SMILES string of the molecule is COc1ccc(Cn2nc(I)c3ccc(Br)cc32)cc1. The van der Waals surface area contributed by atoms with Crippen molar-refractivity contribution in [2.75, 3.05) is 7.11 Å². The number of rotatable bonds is 3. The second-order valence-electron chi connectivity index (χ2n) is 4.46. The van der Waals surface area contributed by atoms with Gasteiger partial charge >= 0.3 is 0 Å². The van der Waals surface area contributed by atoms with Crippen LogP contribution < -0.4 is 4.74 Å². The van der Waals surface area contributed by atoms with Gasteiger partial charge in [-0.25, -0.2) is 0 Å². The van der Waals surface area contributed by atoms with Gasteiger partial charge in [0.25, 0.3) is 0 Å². The first-order chi connectivity index (χ1) is 9.67. The van der Waals surface area contributed by atoms with Crippen LogP contribution in [0.2, 0.25) is 0 Å². The average molecular weight is 443 g/mol. The molecule has 20 heavy (non-hydrogen) atoms. The summed E-state index contributed by atoms with van der Waals surface area (Å²) in [6, 6.07) is 14.3. The quantitative estimate of drug-likeness (QED) is 0.560. The summed E-state index contributed by atoms with van der Waals surface area (Å²) in [5.74, 6) is 0.872. The van der Waals surface area contributed by atoms with Gasteiger partial charge in [0, 0.05) is 9.86 Å². The van der Waals surface area contributed by atoms with Crippen LogP contribution in [0.4, 0.5) is 0 Å². The Kier molecular flexibility index (Phi) is 3.98. The Hall–Kier alpha value is -1.08. The van der Waals surface area contributed by atoms with E-state index >= 15 is 0 Å². The van der Waals surface area contributed by atoms with Gasteiger partial charge in [0.2, 0.25) is 0 Å². The lowest BCUT2D eigenvalue weighted by molar-refractivity contribution is 0.414. The molecule has 0 saturated heterocycles. The summed E-state index contributed by atoms with van der Waals surface area (Å²) in [5.41, 5.74) is 2.34. The van der Waals surface area contributed by atoms with E-state index in [0.717, 1.165) is 26.0 Å². The maximum Gasteiger partial charge on any atom is 0.131 e. The summed E-state index contributed by atoms with van der Waals surface area (Å²) in [7, 11) is 1.68. The van der Waals surface area contributed by atoms with Gasteiger partial charge in [-0.05, 0) is 58.5 Å².